The predicted molar refractivity (Wildman–Crippen MR) is 76.0 cm³/mol. The second-order valence-electron chi connectivity index (χ2n) is 5.15. The summed E-state index contributed by atoms with van der Waals surface area (Å²) in [5.41, 5.74) is 0.532. The molecule has 1 aliphatic heterocycles. The molecule has 0 aliphatic carbocycles. The molecule has 122 valence electrons. The van der Waals surface area contributed by atoms with Gasteiger partial charge in [-0.3, -0.25) is 4.79 Å². The van der Waals surface area contributed by atoms with Crippen molar-refractivity contribution in [2.24, 2.45) is 0 Å². The Hall–Kier alpha value is -1.90. The summed E-state index contributed by atoms with van der Waals surface area (Å²) in [4.78, 5) is 25.2. The molecule has 1 saturated heterocycles. The van der Waals surface area contributed by atoms with Gasteiger partial charge >= 0.3 is 5.97 Å². The molecular weight excluding hydrogens is 312 g/mol. The molecule has 1 aliphatic rings. The van der Waals surface area contributed by atoms with Crippen LogP contribution in [-0.4, -0.2) is 61.1 Å². The molecule has 1 amide bonds. The van der Waals surface area contributed by atoms with Crippen LogP contribution in [0.3, 0.4) is 0 Å². The minimum absolute atomic E-state index is 0.0399. The number of aryl methyl sites for hydroxylation is 1. The van der Waals surface area contributed by atoms with Crippen molar-refractivity contribution in [1.82, 2.24) is 10.1 Å². The molecule has 2 heterocycles. The molecule has 1 unspecified atom stereocenters. The molecule has 1 atom stereocenters. The van der Waals surface area contributed by atoms with Crippen LogP contribution in [0.25, 0.3) is 0 Å². The van der Waals surface area contributed by atoms with Crippen molar-refractivity contribution >= 4 is 21.7 Å². The van der Waals surface area contributed by atoms with E-state index in [1.54, 1.807) is 13.8 Å². The normalized spacial score (nSPS) is 19.8. The van der Waals surface area contributed by atoms with Gasteiger partial charge in [0.15, 0.2) is 16.4 Å². The molecule has 9 heteroatoms. The summed E-state index contributed by atoms with van der Waals surface area (Å²) in [5, 5.41) is 3.56. The number of amides is 1. The minimum atomic E-state index is -3.08. The molecule has 1 aromatic heterocycles. The van der Waals surface area contributed by atoms with Crippen LogP contribution in [0.4, 0.5) is 0 Å². The van der Waals surface area contributed by atoms with Crippen LogP contribution in [0, 0.1) is 6.92 Å². The third kappa shape index (κ3) is 3.85. The third-order valence-corrected chi connectivity index (χ3v) is 5.22. The van der Waals surface area contributed by atoms with E-state index in [1.165, 1.54) is 11.0 Å². The molecule has 1 fully saturated rings. The summed E-state index contributed by atoms with van der Waals surface area (Å²) in [6.07, 6.45) is 0.414. The fraction of sp³-hybridized carbons (Fsp3) is 0.615. The summed E-state index contributed by atoms with van der Waals surface area (Å²) in [6.45, 7) is 3.32. The number of ether oxygens (including phenoxy) is 1. The van der Waals surface area contributed by atoms with E-state index in [1.807, 2.05) is 0 Å². The van der Waals surface area contributed by atoms with Gasteiger partial charge in [-0.15, -0.1) is 0 Å². The first-order valence-electron chi connectivity index (χ1n) is 6.92. The molecule has 0 bridgehead atoms. The highest BCUT2D eigenvalue weighted by Crippen LogP contribution is 2.18. The lowest BCUT2D eigenvalue weighted by Gasteiger charge is -2.26. The average Bonchev–Trinajstić information content (AvgIpc) is 3.03. The SMILES string of the molecule is CCN(C(=O)COC(=O)c1cc(C)no1)C1CCS(=O)(=O)C1. The number of carbonyl (C=O) groups is 2. The molecule has 22 heavy (non-hydrogen) atoms. The Morgan fingerprint density at radius 3 is 2.73 bits per heavy atom. The van der Waals surface area contributed by atoms with E-state index >= 15 is 0 Å². The highest BCUT2D eigenvalue weighted by atomic mass is 32.2. The molecule has 0 saturated carbocycles. The van der Waals surface area contributed by atoms with Crippen molar-refractivity contribution in [2.75, 3.05) is 24.7 Å². The van der Waals surface area contributed by atoms with E-state index in [0.717, 1.165) is 0 Å². The highest BCUT2D eigenvalue weighted by Gasteiger charge is 2.34. The largest absolute Gasteiger partial charge is 0.450 e. The Morgan fingerprint density at radius 1 is 1.50 bits per heavy atom. The van der Waals surface area contributed by atoms with Crippen LogP contribution in [-0.2, 0) is 19.4 Å². The lowest BCUT2D eigenvalue weighted by Crippen LogP contribution is -2.43. The van der Waals surface area contributed by atoms with Crippen molar-refractivity contribution in [2.45, 2.75) is 26.3 Å². The molecule has 1 aromatic rings. The lowest BCUT2D eigenvalue weighted by atomic mass is 10.2. The molecule has 0 radical (unpaired) electrons. The molecule has 8 nitrogen and oxygen atoms in total. The van der Waals surface area contributed by atoms with E-state index in [9.17, 15) is 18.0 Å². The zero-order valence-corrected chi connectivity index (χ0v) is 13.3. The van der Waals surface area contributed by atoms with Crippen LogP contribution in [0.15, 0.2) is 10.6 Å². The molecule has 0 spiro atoms. The van der Waals surface area contributed by atoms with Crippen LogP contribution in [0.2, 0.25) is 0 Å². The smallest absolute Gasteiger partial charge is 0.377 e. The zero-order valence-electron chi connectivity index (χ0n) is 12.4. The van der Waals surface area contributed by atoms with Crippen molar-refractivity contribution < 1.29 is 27.3 Å². The number of carbonyl (C=O) groups excluding carboxylic acids is 2. The number of hydrogen-bond donors (Lipinski definition) is 0. The number of rotatable bonds is 5. The van der Waals surface area contributed by atoms with E-state index in [0.29, 0.717) is 18.7 Å². The Morgan fingerprint density at radius 2 is 2.23 bits per heavy atom. The third-order valence-electron chi connectivity index (χ3n) is 3.47. The topological polar surface area (TPSA) is 107 Å². The van der Waals surface area contributed by atoms with Gasteiger partial charge in [0.05, 0.1) is 17.2 Å². The standard InChI is InChI=1S/C13H18N2O6S/c1-3-15(10-4-5-22(18,19)8-10)12(16)7-20-13(17)11-6-9(2)14-21-11/h6,10H,3-5,7-8H2,1-2H3. The van der Waals surface area contributed by atoms with E-state index in [4.69, 9.17) is 9.26 Å². The number of esters is 1. The maximum atomic E-state index is 12.1. The Kier molecular flexibility index (Phi) is 4.84. The zero-order chi connectivity index (χ0) is 16.3. The number of aromatic nitrogens is 1. The highest BCUT2D eigenvalue weighted by molar-refractivity contribution is 7.91. The van der Waals surface area contributed by atoms with Gasteiger partial charge in [0.25, 0.3) is 5.91 Å². The van der Waals surface area contributed by atoms with Crippen LogP contribution < -0.4 is 0 Å². The Bertz CT molecular complexity index is 666. The number of sulfone groups is 1. The van der Waals surface area contributed by atoms with Crippen molar-refractivity contribution in [3.05, 3.63) is 17.5 Å². The predicted octanol–water partition coefficient (Wildman–Crippen LogP) is 0.175. The summed E-state index contributed by atoms with van der Waals surface area (Å²) < 4.78 is 32.6. The Balaban J connectivity index is 1.91. The number of nitrogens with zero attached hydrogens (tertiary/aromatic N) is 2. The lowest BCUT2D eigenvalue weighted by molar-refractivity contribution is -0.136. The second-order valence-corrected chi connectivity index (χ2v) is 7.37. The summed E-state index contributed by atoms with van der Waals surface area (Å²) in [7, 11) is -3.08. The molecule has 0 aromatic carbocycles. The second kappa shape index (κ2) is 6.47. The van der Waals surface area contributed by atoms with Gasteiger partial charge < -0.3 is 14.2 Å². The van der Waals surface area contributed by atoms with Crippen molar-refractivity contribution in [3.8, 4) is 0 Å². The molecule has 2 rings (SSSR count). The van der Waals surface area contributed by atoms with Crippen molar-refractivity contribution in [3.63, 3.8) is 0 Å². The fourth-order valence-corrected chi connectivity index (χ4v) is 4.13. The minimum Gasteiger partial charge on any atom is -0.450 e. The van der Waals surface area contributed by atoms with Gasteiger partial charge in [-0.2, -0.15) is 0 Å². The number of likely N-dealkylation sites (N-methyl/N-ethyl adjacent to an activating group) is 1. The van der Waals surface area contributed by atoms with Crippen molar-refractivity contribution in [1.29, 1.82) is 0 Å². The van der Waals surface area contributed by atoms with Gasteiger partial charge in [-0.25, -0.2) is 13.2 Å². The maximum absolute atomic E-state index is 12.1. The average molecular weight is 330 g/mol. The number of hydrogen-bond acceptors (Lipinski definition) is 7. The van der Waals surface area contributed by atoms with E-state index in [2.05, 4.69) is 5.16 Å². The van der Waals surface area contributed by atoms with Gasteiger partial charge in [-0.05, 0) is 20.3 Å². The van der Waals surface area contributed by atoms with Gasteiger partial charge in [-0.1, -0.05) is 5.16 Å². The summed E-state index contributed by atoms with van der Waals surface area (Å²) >= 11 is 0. The molecular formula is C13H18N2O6S. The van der Waals surface area contributed by atoms with Gasteiger partial charge in [0.2, 0.25) is 5.76 Å². The van der Waals surface area contributed by atoms with Gasteiger partial charge in [0.1, 0.15) is 0 Å². The fourth-order valence-electron chi connectivity index (χ4n) is 2.40. The quantitative estimate of drug-likeness (QED) is 0.709. The monoisotopic (exact) mass is 330 g/mol. The first-order valence-corrected chi connectivity index (χ1v) is 8.75. The first kappa shape index (κ1) is 16.5. The summed E-state index contributed by atoms with van der Waals surface area (Å²) in [5.74, 6) is -1.23. The van der Waals surface area contributed by atoms with Crippen LogP contribution in [0.5, 0.6) is 0 Å². The van der Waals surface area contributed by atoms with Crippen LogP contribution in [0.1, 0.15) is 29.6 Å². The Labute approximate surface area is 128 Å². The van der Waals surface area contributed by atoms with E-state index < -0.39 is 28.3 Å². The molecule has 0 N–H and O–H groups in total. The maximum Gasteiger partial charge on any atom is 0.377 e. The summed E-state index contributed by atoms with van der Waals surface area (Å²) in [6, 6.07) is 1.06. The van der Waals surface area contributed by atoms with E-state index in [-0.39, 0.29) is 23.3 Å². The van der Waals surface area contributed by atoms with Crippen LogP contribution >= 0.6 is 0 Å². The van der Waals surface area contributed by atoms with Gasteiger partial charge in [0, 0.05) is 18.7 Å². The first-order chi connectivity index (χ1) is 10.3.